The average molecular weight is 165 g/mol. The topological polar surface area (TPSA) is 0 Å². The van der Waals surface area contributed by atoms with E-state index in [-0.39, 0.29) is 0 Å². The van der Waals surface area contributed by atoms with Crippen LogP contribution in [0.25, 0.3) is 0 Å². The van der Waals surface area contributed by atoms with Gasteiger partial charge in [0.1, 0.15) is 5.83 Å². The van der Waals surface area contributed by atoms with Crippen molar-refractivity contribution < 1.29 is 4.39 Å². The Labute approximate surface area is 50.9 Å². The zero-order valence-corrected chi connectivity index (χ0v) is 5.63. The van der Waals surface area contributed by atoms with E-state index in [0.717, 1.165) is 4.48 Å². The van der Waals surface area contributed by atoms with E-state index in [2.05, 4.69) is 22.5 Å². The van der Waals surface area contributed by atoms with Gasteiger partial charge in [-0.25, -0.2) is 4.39 Å². The van der Waals surface area contributed by atoms with E-state index in [9.17, 15) is 4.39 Å². The van der Waals surface area contributed by atoms with Gasteiger partial charge in [0, 0.05) is 0 Å². The predicted molar refractivity (Wildman–Crippen MR) is 32.9 cm³/mol. The standard InChI is InChI=1S/C5H6BrF/c1-4(6)3-5(2)7/h3H,2H2,1H3. The van der Waals surface area contributed by atoms with Gasteiger partial charge in [0.15, 0.2) is 0 Å². The number of rotatable bonds is 1. The zero-order chi connectivity index (χ0) is 5.86. The van der Waals surface area contributed by atoms with Gasteiger partial charge in [0.25, 0.3) is 0 Å². The van der Waals surface area contributed by atoms with Crippen molar-refractivity contribution in [3.05, 3.63) is 23.0 Å². The largest absolute Gasteiger partial charge is 0.208 e. The molecule has 0 aromatic heterocycles. The molecule has 0 fully saturated rings. The molecule has 2 heteroatoms. The SMILES string of the molecule is C=C(F)C=C(C)Br. The molecule has 0 aromatic rings. The summed E-state index contributed by atoms with van der Waals surface area (Å²) < 4.78 is 12.4. The third kappa shape index (κ3) is 5.89. The molecule has 0 bridgehead atoms. The Kier molecular flexibility index (Phi) is 2.92. The fourth-order valence-electron chi connectivity index (χ4n) is 0.216. The molecule has 0 unspecified atom stereocenters. The average Bonchev–Trinajstić information content (AvgIpc) is 1.27. The van der Waals surface area contributed by atoms with E-state index < -0.39 is 5.83 Å². The first-order valence-corrected chi connectivity index (χ1v) is 2.60. The summed E-state index contributed by atoms with van der Waals surface area (Å²) in [6.07, 6.45) is 1.31. The van der Waals surface area contributed by atoms with Crippen LogP contribution in [-0.2, 0) is 0 Å². The highest BCUT2D eigenvalue weighted by molar-refractivity contribution is 9.11. The van der Waals surface area contributed by atoms with Crippen LogP contribution in [0, 0.1) is 0 Å². The highest BCUT2D eigenvalue weighted by Gasteiger charge is 1.80. The normalized spacial score (nSPS) is 11.6. The summed E-state index contributed by atoms with van der Waals surface area (Å²) in [5, 5.41) is 0. The molecule has 0 heterocycles. The number of hydrogen-bond donors (Lipinski definition) is 0. The first-order chi connectivity index (χ1) is 3.13. The summed E-state index contributed by atoms with van der Waals surface area (Å²) in [5.74, 6) is -0.422. The molecular formula is C5H6BrF. The fourth-order valence-corrected chi connectivity index (χ4v) is 0.464. The van der Waals surface area contributed by atoms with Crippen LogP contribution in [0.1, 0.15) is 6.92 Å². The fraction of sp³-hybridized carbons (Fsp3) is 0.200. The van der Waals surface area contributed by atoms with Crippen LogP contribution >= 0.6 is 15.9 Å². The minimum Gasteiger partial charge on any atom is -0.208 e. The molecule has 0 radical (unpaired) electrons. The van der Waals surface area contributed by atoms with E-state index >= 15 is 0 Å². The zero-order valence-electron chi connectivity index (χ0n) is 4.04. The maximum atomic E-state index is 11.7. The molecule has 0 aliphatic carbocycles. The van der Waals surface area contributed by atoms with Crippen LogP contribution < -0.4 is 0 Å². The predicted octanol–water partition coefficient (Wildman–Crippen LogP) is 2.77. The molecule has 0 spiro atoms. The minimum absolute atomic E-state index is 0.422. The van der Waals surface area contributed by atoms with Gasteiger partial charge in [-0.3, -0.25) is 0 Å². The maximum absolute atomic E-state index is 11.7. The monoisotopic (exact) mass is 164 g/mol. The van der Waals surface area contributed by atoms with Gasteiger partial charge >= 0.3 is 0 Å². The Hall–Kier alpha value is -0.110. The van der Waals surface area contributed by atoms with Crippen molar-refractivity contribution in [1.29, 1.82) is 0 Å². The molecule has 0 nitrogen and oxygen atoms in total. The molecule has 40 valence electrons. The van der Waals surface area contributed by atoms with Crippen molar-refractivity contribution in [3.8, 4) is 0 Å². The van der Waals surface area contributed by atoms with E-state index in [1.54, 1.807) is 6.92 Å². The lowest BCUT2D eigenvalue weighted by atomic mass is 10.5. The van der Waals surface area contributed by atoms with E-state index in [4.69, 9.17) is 0 Å². The van der Waals surface area contributed by atoms with Crippen molar-refractivity contribution in [2.75, 3.05) is 0 Å². The Morgan fingerprint density at radius 2 is 2.29 bits per heavy atom. The van der Waals surface area contributed by atoms with Crippen molar-refractivity contribution >= 4 is 15.9 Å². The number of halogens is 2. The molecule has 0 N–H and O–H groups in total. The molecule has 0 saturated carbocycles. The minimum atomic E-state index is -0.422. The molecule has 0 rings (SSSR count). The van der Waals surface area contributed by atoms with Crippen LogP contribution in [0.15, 0.2) is 23.0 Å². The lowest BCUT2D eigenvalue weighted by Crippen LogP contribution is -1.58. The van der Waals surface area contributed by atoms with Gasteiger partial charge in [-0.2, -0.15) is 0 Å². The molecule has 0 amide bonds. The van der Waals surface area contributed by atoms with Crippen molar-refractivity contribution in [2.24, 2.45) is 0 Å². The van der Waals surface area contributed by atoms with Crippen LogP contribution in [0.4, 0.5) is 4.39 Å². The first kappa shape index (κ1) is 6.89. The van der Waals surface area contributed by atoms with Crippen LogP contribution in [-0.4, -0.2) is 0 Å². The Morgan fingerprint density at radius 3 is 2.29 bits per heavy atom. The van der Waals surface area contributed by atoms with E-state index in [0.29, 0.717) is 0 Å². The highest BCUT2D eigenvalue weighted by Crippen LogP contribution is 2.06. The quantitative estimate of drug-likeness (QED) is 0.524. The molecule has 0 saturated heterocycles. The third-order valence-corrected chi connectivity index (χ3v) is 0.584. The second kappa shape index (κ2) is 2.97. The van der Waals surface area contributed by atoms with Gasteiger partial charge in [0.05, 0.1) is 0 Å². The number of hydrogen-bond acceptors (Lipinski definition) is 0. The van der Waals surface area contributed by atoms with Crippen molar-refractivity contribution in [2.45, 2.75) is 6.92 Å². The van der Waals surface area contributed by atoms with Gasteiger partial charge < -0.3 is 0 Å². The van der Waals surface area contributed by atoms with Gasteiger partial charge in [0.2, 0.25) is 0 Å². The summed E-state index contributed by atoms with van der Waals surface area (Å²) in [5.41, 5.74) is 0. The lowest BCUT2D eigenvalue weighted by Gasteiger charge is -1.79. The molecule has 0 aliphatic rings. The van der Waals surface area contributed by atoms with Gasteiger partial charge in [-0.05, 0) is 17.5 Å². The van der Waals surface area contributed by atoms with Crippen LogP contribution in [0.2, 0.25) is 0 Å². The lowest BCUT2D eigenvalue weighted by molar-refractivity contribution is 0.671. The second-order valence-electron chi connectivity index (χ2n) is 1.18. The third-order valence-electron chi connectivity index (χ3n) is 0.356. The van der Waals surface area contributed by atoms with Gasteiger partial charge in [-0.15, -0.1) is 0 Å². The summed E-state index contributed by atoms with van der Waals surface area (Å²) >= 11 is 3.04. The molecule has 0 atom stereocenters. The smallest absolute Gasteiger partial charge is 0.116 e. The Morgan fingerprint density at radius 1 is 1.86 bits per heavy atom. The molecule has 0 aliphatic heterocycles. The molecule has 7 heavy (non-hydrogen) atoms. The second-order valence-corrected chi connectivity index (χ2v) is 2.43. The van der Waals surface area contributed by atoms with Gasteiger partial charge in [-0.1, -0.05) is 22.5 Å². The Bertz CT molecular complexity index is 101. The first-order valence-electron chi connectivity index (χ1n) is 1.81. The van der Waals surface area contributed by atoms with Crippen molar-refractivity contribution in [1.82, 2.24) is 0 Å². The number of allylic oxidation sites excluding steroid dienone is 3. The maximum Gasteiger partial charge on any atom is 0.116 e. The van der Waals surface area contributed by atoms with E-state index in [1.165, 1.54) is 6.08 Å². The highest BCUT2D eigenvalue weighted by atomic mass is 79.9. The van der Waals surface area contributed by atoms with Crippen molar-refractivity contribution in [3.63, 3.8) is 0 Å². The van der Waals surface area contributed by atoms with Crippen LogP contribution in [0.5, 0.6) is 0 Å². The summed E-state index contributed by atoms with van der Waals surface area (Å²) in [6.45, 7) is 4.76. The van der Waals surface area contributed by atoms with Crippen LogP contribution in [0.3, 0.4) is 0 Å². The molecular weight excluding hydrogens is 159 g/mol. The Balaban J connectivity index is 3.68. The van der Waals surface area contributed by atoms with E-state index in [1.807, 2.05) is 0 Å². The summed E-state index contributed by atoms with van der Waals surface area (Å²) in [7, 11) is 0. The summed E-state index contributed by atoms with van der Waals surface area (Å²) in [6, 6.07) is 0. The summed E-state index contributed by atoms with van der Waals surface area (Å²) in [4.78, 5) is 0. The molecule has 0 aromatic carbocycles.